The second-order valence-electron chi connectivity index (χ2n) is 6.88. The predicted molar refractivity (Wildman–Crippen MR) is 103 cm³/mol. The fourth-order valence-corrected chi connectivity index (χ4v) is 3.63. The third kappa shape index (κ3) is 3.77. The molecule has 134 valence electrons. The number of benzene rings is 1. The van der Waals surface area contributed by atoms with Crippen LogP contribution >= 0.6 is 0 Å². The molecule has 0 bridgehead atoms. The molecule has 2 heterocycles. The number of aromatic nitrogens is 4. The Labute approximate surface area is 154 Å². The van der Waals surface area contributed by atoms with Gasteiger partial charge in [0.05, 0.1) is 6.54 Å². The minimum Gasteiger partial charge on any atom is -0.362 e. The molecule has 0 unspecified atom stereocenters. The number of fused-ring (bicyclic) bond motifs is 1. The molecule has 3 aromatic rings. The zero-order chi connectivity index (χ0) is 17.8. The van der Waals surface area contributed by atoms with E-state index in [2.05, 4.69) is 61.4 Å². The number of aryl methyl sites for hydroxylation is 4. The van der Waals surface area contributed by atoms with Gasteiger partial charge in [-0.1, -0.05) is 30.3 Å². The van der Waals surface area contributed by atoms with Gasteiger partial charge in [-0.2, -0.15) is 0 Å². The van der Waals surface area contributed by atoms with E-state index in [4.69, 9.17) is 0 Å². The van der Waals surface area contributed by atoms with Crippen LogP contribution in [0.5, 0.6) is 0 Å². The van der Waals surface area contributed by atoms with Gasteiger partial charge in [0.2, 0.25) is 0 Å². The van der Waals surface area contributed by atoms with Crippen molar-refractivity contribution < 1.29 is 0 Å². The Morgan fingerprint density at radius 2 is 1.92 bits per heavy atom. The van der Waals surface area contributed by atoms with E-state index in [0.717, 1.165) is 43.3 Å². The van der Waals surface area contributed by atoms with Crippen molar-refractivity contribution in [2.24, 2.45) is 0 Å². The SMILES string of the molecule is Cc1nc2c(c(NCc3nccn3CCc3ccccc3)n1)CCCC2. The van der Waals surface area contributed by atoms with Gasteiger partial charge in [0, 0.05) is 30.2 Å². The highest BCUT2D eigenvalue weighted by Gasteiger charge is 2.17. The molecule has 0 radical (unpaired) electrons. The lowest BCUT2D eigenvalue weighted by molar-refractivity contribution is 0.650. The van der Waals surface area contributed by atoms with Gasteiger partial charge in [0.15, 0.2) is 0 Å². The molecule has 0 atom stereocenters. The number of hydrogen-bond acceptors (Lipinski definition) is 4. The first-order chi connectivity index (χ1) is 12.8. The number of hydrogen-bond donors (Lipinski definition) is 1. The van der Waals surface area contributed by atoms with Gasteiger partial charge in [-0.05, 0) is 44.6 Å². The number of nitrogens with one attached hydrogen (secondary N) is 1. The molecule has 1 aromatic carbocycles. The summed E-state index contributed by atoms with van der Waals surface area (Å²) in [5.41, 5.74) is 3.86. The highest BCUT2D eigenvalue weighted by atomic mass is 15.1. The molecular weight excluding hydrogens is 322 g/mol. The van der Waals surface area contributed by atoms with E-state index >= 15 is 0 Å². The van der Waals surface area contributed by atoms with E-state index in [1.54, 1.807) is 0 Å². The van der Waals surface area contributed by atoms with Crippen LogP contribution < -0.4 is 5.32 Å². The summed E-state index contributed by atoms with van der Waals surface area (Å²) in [5.74, 6) is 2.88. The van der Waals surface area contributed by atoms with Crippen molar-refractivity contribution in [1.82, 2.24) is 19.5 Å². The molecule has 5 heteroatoms. The van der Waals surface area contributed by atoms with Crippen LogP contribution in [0.2, 0.25) is 0 Å². The van der Waals surface area contributed by atoms with Crippen LogP contribution in [-0.2, 0) is 32.4 Å². The highest BCUT2D eigenvalue weighted by Crippen LogP contribution is 2.25. The van der Waals surface area contributed by atoms with Crippen LogP contribution in [0, 0.1) is 6.92 Å². The van der Waals surface area contributed by atoms with E-state index in [1.165, 1.54) is 29.7 Å². The number of anilines is 1. The van der Waals surface area contributed by atoms with Gasteiger partial charge in [-0.25, -0.2) is 15.0 Å². The lowest BCUT2D eigenvalue weighted by atomic mass is 9.96. The molecule has 1 N–H and O–H groups in total. The molecule has 1 aliphatic rings. The summed E-state index contributed by atoms with van der Waals surface area (Å²) in [6.45, 7) is 3.59. The monoisotopic (exact) mass is 347 g/mol. The molecule has 0 saturated carbocycles. The average molecular weight is 347 g/mol. The van der Waals surface area contributed by atoms with Crippen LogP contribution in [0.25, 0.3) is 0 Å². The molecule has 0 fully saturated rings. The van der Waals surface area contributed by atoms with E-state index in [-0.39, 0.29) is 0 Å². The van der Waals surface area contributed by atoms with Gasteiger partial charge in [-0.3, -0.25) is 0 Å². The van der Waals surface area contributed by atoms with Gasteiger partial charge in [-0.15, -0.1) is 0 Å². The molecule has 5 nitrogen and oxygen atoms in total. The molecular formula is C21H25N5. The number of imidazole rings is 1. The summed E-state index contributed by atoms with van der Waals surface area (Å²) in [4.78, 5) is 13.8. The third-order valence-corrected chi connectivity index (χ3v) is 4.99. The van der Waals surface area contributed by atoms with E-state index in [9.17, 15) is 0 Å². The first kappa shape index (κ1) is 16.8. The fraction of sp³-hybridized carbons (Fsp3) is 0.381. The maximum Gasteiger partial charge on any atom is 0.133 e. The van der Waals surface area contributed by atoms with Crippen LogP contribution in [-0.4, -0.2) is 19.5 Å². The lowest BCUT2D eigenvalue weighted by Gasteiger charge is -2.19. The summed E-state index contributed by atoms with van der Waals surface area (Å²) in [6, 6.07) is 10.6. The van der Waals surface area contributed by atoms with Crippen molar-refractivity contribution in [3.8, 4) is 0 Å². The maximum absolute atomic E-state index is 4.65. The first-order valence-electron chi connectivity index (χ1n) is 9.44. The Morgan fingerprint density at radius 3 is 2.81 bits per heavy atom. The minimum atomic E-state index is 0.685. The van der Waals surface area contributed by atoms with Crippen LogP contribution in [0.15, 0.2) is 42.7 Å². The van der Waals surface area contributed by atoms with Crippen molar-refractivity contribution in [2.75, 3.05) is 5.32 Å². The van der Waals surface area contributed by atoms with Crippen LogP contribution in [0.1, 0.15) is 41.3 Å². The Morgan fingerprint density at radius 1 is 1.08 bits per heavy atom. The van der Waals surface area contributed by atoms with Crippen molar-refractivity contribution in [2.45, 2.75) is 52.1 Å². The molecule has 4 rings (SSSR count). The zero-order valence-corrected chi connectivity index (χ0v) is 15.3. The first-order valence-corrected chi connectivity index (χ1v) is 9.44. The smallest absolute Gasteiger partial charge is 0.133 e. The zero-order valence-electron chi connectivity index (χ0n) is 15.3. The van der Waals surface area contributed by atoms with Crippen molar-refractivity contribution in [3.63, 3.8) is 0 Å². The quantitative estimate of drug-likeness (QED) is 0.738. The molecule has 0 spiro atoms. The summed E-state index contributed by atoms with van der Waals surface area (Å²) in [7, 11) is 0. The van der Waals surface area contributed by atoms with Gasteiger partial charge in [0.25, 0.3) is 0 Å². The van der Waals surface area contributed by atoms with Gasteiger partial charge >= 0.3 is 0 Å². The highest BCUT2D eigenvalue weighted by molar-refractivity contribution is 5.47. The number of nitrogens with zero attached hydrogens (tertiary/aromatic N) is 4. The molecule has 26 heavy (non-hydrogen) atoms. The van der Waals surface area contributed by atoms with Crippen molar-refractivity contribution in [3.05, 3.63) is 71.2 Å². The second kappa shape index (κ2) is 7.68. The molecule has 0 saturated heterocycles. The van der Waals surface area contributed by atoms with Gasteiger partial charge in [0.1, 0.15) is 17.5 Å². The largest absolute Gasteiger partial charge is 0.362 e. The fourth-order valence-electron chi connectivity index (χ4n) is 3.63. The molecule has 0 aliphatic heterocycles. The average Bonchev–Trinajstić information content (AvgIpc) is 3.12. The Hall–Kier alpha value is -2.69. The van der Waals surface area contributed by atoms with E-state index in [0.29, 0.717) is 6.54 Å². The summed E-state index contributed by atoms with van der Waals surface area (Å²) < 4.78 is 2.22. The molecule has 2 aromatic heterocycles. The van der Waals surface area contributed by atoms with Crippen molar-refractivity contribution in [1.29, 1.82) is 0 Å². The Kier molecular flexibility index (Phi) is 4.95. The Balaban J connectivity index is 1.45. The lowest BCUT2D eigenvalue weighted by Crippen LogP contribution is -2.15. The standard InChI is InChI=1S/C21H25N5/c1-16-24-19-10-6-5-9-18(19)21(25-16)23-15-20-22-12-14-26(20)13-11-17-7-3-2-4-8-17/h2-4,7-8,12,14H,5-6,9-11,13,15H2,1H3,(H,23,24,25). The predicted octanol–water partition coefficient (Wildman–Crippen LogP) is 3.72. The van der Waals surface area contributed by atoms with Gasteiger partial charge < -0.3 is 9.88 Å². The summed E-state index contributed by atoms with van der Waals surface area (Å²) in [5, 5.41) is 3.52. The Bertz CT molecular complexity index is 869. The van der Waals surface area contributed by atoms with E-state index < -0.39 is 0 Å². The molecule has 0 amide bonds. The molecule has 1 aliphatic carbocycles. The minimum absolute atomic E-state index is 0.685. The van der Waals surface area contributed by atoms with E-state index in [1.807, 2.05) is 13.1 Å². The summed E-state index contributed by atoms with van der Waals surface area (Å²) >= 11 is 0. The van der Waals surface area contributed by atoms with Crippen LogP contribution in [0.3, 0.4) is 0 Å². The normalized spacial score (nSPS) is 13.4. The van der Waals surface area contributed by atoms with Crippen LogP contribution in [0.4, 0.5) is 5.82 Å². The maximum atomic E-state index is 4.65. The topological polar surface area (TPSA) is 55.6 Å². The van der Waals surface area contributed by atoms with Crippen molar-refractivity contribution >= 4 is 5.82 Å². The third-order valence-electron chi connectivity index (χ3n) is 4.99. The second-order valence-corrected chi connectivity index (χ2v) is 6.88. The summed E-state index contributed by atoms with van der Waals surface area (Å²) in [6.07, 6.45) is 9.53. The number of rotatable bonds is 6.